The van der Waals surface area contributed by atoms with Crippen molar-refractivity contribution in [2.45, 2.75) is 17.9 Å². The summed E-state index contributed by atoms with van der Waals surface area (Å²) in [7, 11) is -3.86. The Bertz CT molecular complexity index is 1180. The average Bonchev–Trinajstić information content (AvgIpc) is 2.73. The van der Waals surface area contributed by atoms with Crippen LogP contribution in [0.1, 0.15) is 5.69 Å². The van der Waals surface area contributed by atoms with E-state index in [4.69, 9.17) is 9.47 Å². The van der Waals surface area contributed by atoms with Gasteiger partial charge in [0.25, 0.3) is 15.9 Å². The zero-order valence-corrected chi connectivity index (χ0v) is 16.7. The van der Waals surface area contributed by atoms with Gasteiger partial charge in [-0.2, -0.15) is 0 Å². The quantitative estimate of drug-likeness (QED) is 0.643. The first-order chi connectivity index (χ1) is 14.4. The molecule has 0 saturated heterocycles. The Kier molecular flexibility index (Phi) is 5.23. The molecule has 0 radical (unpaired) electrons. The van der Waals surface area contributed by atoms with Gasteiger partial charge in [0.05, 0.1) is 4.90 Å². The number of nitrogens with zero attached hydrogens (tertiary/aromatic N) is 2. The summed E-state index contributed by atoms with van der Waals surface area (Å²) in [5.74, 6) is 0.671. The van der Waals surface area contributed by atoms with Gasteiger partial charge in [0, 0.05) is 17.6 Å². The number of nitrogens with one attached hydrogen (secondary N) is 2. The normalized spacial score (nSPS) is 15.3. The number of fused-ring (bicyclic) bond motifs is 1. The van der Waals surface area contributed by atoms with Crippen LogP contribution in [0.3, 0.4) is 0 Å². The first-order valence-corrected chi connectivity index (χ1v) is 10.5. The Morgan fingerprint density at radius 3 is 2.53 bits per heavy atom. The molecule has 1 atom stereocenters. The Morgan fingerprint density at radius 2 is 1.80 bits per heavy atom. The topological polar surface area (TPSA) is 120 Å². The van der Waals surface area contributed by atoms with Gasteiger partial charge in [-0.1, -0.05) is 12.1 Å². The minimum Gasteiger partial charge on any atom is -0.485 e. The maximum atomic E-state index is 12.5. The highest BCUT2D eigenvalue weighted by molar-refractivity contribution is 7.92. The highest BCUT2D eigenvalue weighted by Crippen LogP contribution is 2.31. The van der Waals surface area contributed by atoms with E-state index in [1.807, 2.05) is 6.07 Å². The lowest BCUT2D eigenvalue weighted by molar-refractivity contribution is -0.125. The predicted molar refractivity (Wildman–Crippen MR) is 109 cm³/mol. The summed E-state index contributed by atoms with van der Waals surface area (Å²) in [5, 5.41) is 2.69. The average molecular weight is 426 g/mol. The monoisotopic (exact) mass is 426 g/mol. The zero-order chi connectivity index (χ0) is 21.1. The van der Waals surface area contributed by atoms with E-state index in [2.05, 4.69) is 20.0 Å². The molecular formula is C20H18N4O5S. The minimum atomic E-state index is -3.86. The number of hydrogen-bond acceptors (Lipinski definition) is 7. The summed E-state index contributed by atoms with van der Waals surface area (Å²) in [5.41, 5.74) is 1.06. The fourth-order valence-electron chi connectivity index (χ4n) is 2.77. The second-order valence-electron chi connectivity index (χ2n) is 6.50. The lowest BCUT2D eigenvalue weighted by Crippen LogP contribution is -2.40. The smallest absolute Gasteiger partial charge is 0.269 e. The number of aromatic nitrogens is 2. The van der Waals surface area contributed by atoms with Crippen molar-refractivity contribution in [3.8, 4) is 11.5 Å². The zero-order valence-electron chi connectivity index (χ0n) is 15.9. The lowest BCUT2D eigenvalue weighted by Gasteiger charge is -2.25. The van der Waals surface area contributed by atoms with Gasteiger partial charge in [0.1, 0.15) is 6.61 Å². The number of amides is 1. The molecule has 0 saturated carbocycles. The van der Waals surface area contributed by atoms with Gasteiger partial charge in [0.2, 0.25) is 12.1 Å². The molecule has 30 heavy (non-hydrogen) atoms. The van der Waals surface area contributed by atoms with Gasteiger partial charge >= 0.3 is 0 Å². The van der Waals surface area contributed by atoms with E-state index < -0.39 is 22.0 Å². The molecule has 9 nitrogen and oxygen atoms in total. The third-order valence-corrected chi connectivity index (χ3v) is 5.60. The van der Waals surface area contributed by atoms with Crippen LogP contribution in [0.4, 0.5) is 11.6 Å². The van der Waals surface area contributed by atoms with E-state index >= 15 is 0 Å². The third-order valence-electron chi connectivity index (χ3n) is 4.25. The van der Waals surface area contributed by atoms with Gasteiger partial charge in [-0.05, 0) is 49.4 Å². The third kappa shape index (κ3) is 4.33. The summed E-state index contributed by atoms with van der Waals surface area (Å²) >= 11 is 0. The molecule has 1 aliphatic heterocycles. The number of carbonyl (C=O) groups excluding carboxylic acids is 1. The highest BCUT2D eigenvalue weighted by atomic mass is 32.2. The molecule has 0 unspecified atom stereocenters. The lowest BCUT2D eigenvalue weighted by atomic mass is 10.2. The SMILES string of the molecule is Cc1ccnc(NS(=O)(=O)c2ccc(NC(=O)[C@H]3COc4ccccc4O3)cc2)n1. The van der Waals surface area contributed by atoms with Crippen molar-refractivity contribution in [3.63, 3.8) is 0 Å². The maximum absolute atomic E-state index is 12.5. The molecule has 2 heterocycles. The van der Waals surface area contributed by atoms with Crippen LogP contribution in [-0.4, -0.2) is 37.0 Å². The molecule has 0 bridgehead atoms. The van der Waals surface area contributed by atoms with E-state index in [0.29, 0.717) is 22.9 Å². The molecule has 0 aliphatic carbocycles. The van der Waals surface area contributed by atoms with Crippen molar-refractivity contribution >= 4 is 27.6 Å². The second-order valence-corrected chi connectivity index (χ2v) is 8.19. The molecule has 1 aliphatic rings. The minimum absolute atomic E-state index is 0.0109. The standard InChI is InChI=1S/C20H18N4O5S/c1-13-10-11-21-20(22-13)24-30(26,27)15-8-6-14(7-9-15)23-19(25)18-12-28-16-4-2-3-5-17(16)29-18/h2-11,18H,12H2,1H3,(H,23,25)(H,21,22,24)/t18-/m1/s1. The number of sulfonamides is 1. The van der Waals surface area contributed by atoms with Crippen molar-refractivity contribution in [1.82, 2.24) is 9.97 Å². The van der Waals surface area contributed by atoms with Crippen LogP contribution in [-0.2, 0) is 14.8 Å². The molecule has 10 heteroatoms. The first kappa shape index (κ1) is 19.6. The van der Waals surface area contributed by atoms with E-state index in [9.17, 15) is 13.2 Å². The van der Waals surface area contributed by atoms with Crippen LogP contribution in [0, 0.1) is 6.92 Å². The van der Waals surface area contributed by atoms with Crippen molar-refractivity contribution in [1.29, 1.82) is 0 Å². The summed E-state index contributed by atoms with van der Waals surface area (Å²) in [6.45, 7) is 1.81. The van der Waals surface area contributed by atoms with Gasteiger partial charge in [-0.15, -0.1) is 0 Å². The molecule has 2 N–H and O–H groups in total. The number of aryl methyl sites for hydroxylation is 1. The molecule has 0 spiro atoms. The van der Waals surface area contributed by atoms with Gasteiger partial charge in [-0.25, -0.2) is 23.1 Å². The van der Waals surface area contributed by atoms with Crippen LogP contribution in [0.15, 0.2) is 65.7 Å². The summed E-state index contributed by atoms with van der Waals surface area (Å²) < 4.78 is 38.5. The van der Waals surface area contributed by atoms with Crippen molar-refractivity contribution < 1.29 is 22.7 Å². The first-order valence-electron chi connectivity index (χ1n) is 9.03. The Labute approximate surface area is 173 Å². The number of benzene rings is 2. The van der Waals surface area contributed by atoms with Gasteiger partial charge in [0.15, 0.2) is 11.5 Å². The second kappa shape index (κ2) is 7.99. The molecule has 0 fully saturated rings. The van der Waals surface area contributed by atoms with Crippen LogP contribution >= 0.6 is 0 Å². The fourth-order valence-corrected chi connectivity index (χ4v) is 3.72. The molecule has 3 aromatic rings. The van der Waals surface area contributed by atoms with E-state index in [0.717, 1.165) is 0 Å². The van der Waals surface area contributed by atoms with Crippen LogP contribution in [0.25, 0.3) is 0 Å². The van der Waals surface area contributed by atoms with E-state index in [1.165, 1.54) is 30.5 Å². The maximum Gasteiger partial charge on any atom is 0.269 e. The van der Waals surface area contributed by atoms with E-state index in [1.54, 1.807) is 31.2 Å². The Balaban J connectivity index is 1.42. The fraction of sp³-hybridized carbons (Fsp3) is 0.150. The predicted octanol–water partition coefficient (Wildman–Crippen LogP) is 2.36. The number of ether oxygens (including phenoxy) is 2. The summed E-state index contributed by atoms with van der Waals surface area (Å²) in [4.78, 5) is 20.4. The number of rotatable bonds is 5. The Hall–Kier alpha value is -3.66. The molecule has 1 amide bonds. The molecule has 4 rings (SSSR count). The van der Waals surface area contributed by atoms with Crippen molar-refractivity contribution in [2.24, 2.45) is 0 Å². The van der Waals surface area contributed by atoms with Crippen LogP contribution in [0.2, 0.25) is 0 Å². The van der Waals surface area contributed by atoms with E-state index in [-0.39, 0.29) is 17.5 Å². The number of anilines is 2. The molecule has 2 aromatic carbocycles. The summed E-state index contributed by atoms with van der Waals surface area (Å²) in [6.07, 6.45) is 0.650. The van der Waals surface area contributed by atoms with Crippen LogP contribution in [0.5, 0.6) is 11.5 Å². The number of carbonyl (C=O) groups is 1. The van der Waals surface area contributed by atoms with Gasteiger partial charge in [-0.3, -0.25) is 4.79 Å². The molecule has 154 valence electrons. The molecular weight excluding hydrogens is 408 g/mol. The van der Waals surface area contributed by atoms with Gasteiger partial charge < -0.3 is 14.8 Å². The van der Waals surface area contributed by atoms with Crippen molar-refractivity contribution in [2.75, 3.05) is 16.6 Å². The Morgan fingerprint density at radius 1 is 1.07 bits per heavy atom. The number of hydrogen-bond donors (Lipinski definition) is 2. The number of para-hydroxylation sites is 2. The molecule has 1 aromatic heterocycles. The highest BCUT2D eigenvalue weighted by Gasteiger charge is 2.27. The summed E-state index contributed by atoms with van der Waals surface area (Å²) in [6, 6.07) is 14.5. The van der Waals surface area contributed by atoms with Crippen molar-refractivity contribution in [3.05, 3.63) is 66.5 Å². The largest absolute Gasteiger partial charge is 0.485 e. The van der Waals surface area contributed by atoms with Crippen LogP contribution < -0.4 is 19.5 Å².